The number of hydrogen-bond donors (Lipinski definition) is 1. The number of aryl methyl sites for hydroxylation is 2. The Morgan fingerprint density at radius 1 is 1.32 bits per heavy atom. The predicted octanol–water partition coefficient (Wildman–Crippen LogP) is 4.01. The van der Waals surface area contributed by atoms with E-state index in [1.807, 2.05) is 0 Å². The van der Waals surface area contributed by atoms with Gasteiger partial charge in [-0.05, 0) is 61.8 Å². The van der Waals surface area contributed by atoms with Crippen molar-refractivity contribution in [3.05, 3.63) is 28.8 Å². The van der Waals surface area contributed by atoms with Gasteiger partial charge in [0.15, 0.2) is 0 Å². The molecule has 2 nitrogen and oxygen atoms in total. The van der Waals surface area contributed by atoms with Crippen molar-refractivity contribution in [3.8, 4) is 5.75 Å². The van der Waals surface area contributed by atoms with Crippen molar-refractivity contribution >= 4 is 0 Å². The van der Waals surface area contributed by atoms with Crippen molar-refractivity contribution < 1.29 is 4.74 Å². The normalized spacial score (nSPS) is 23.2. The molecule has 0 spiro atoms. The third kappa shape index (κ3) is 3.11. The molecule has 1 fully saturated rings. The minimum absolute atomic E-state index is 0.512. The second-order valence-electron chi connectivity index (χ2n) is 6.00. The molecule has 0 saturated heterocycles. The van der Waals surface area contributed by atoms with Crippen LogP contribution in [0.25, 0.3) is 0 Å². The maximum absolute atomic E-state index is 5.47. The molecule has 1 aliphatic rings. The maximum atomic E-state index is 5.47. The van der Waals surface area contributed by atoms with Crippen LogP contribution in [0.2, 0.25) is 0 Å². The Balaban J connectivity index is 2.26. The smallest absolute Gasteiger partial charge is 0.124 e. The topological polar surface area (TPSA) is 21.3 Å². The Hall–Kier alpha value is -1.02. The fraction of sp³-hybridized carbons (Fsp3) is 0.647. The average Bonchev–Trinajstić information content (AvgIpc) is 3.06. The molecule has 0 aliphatic heterocycles. The summed E-state index contributed by atoms with van der Waals surface area (Å²) in [4.78, 5) is 0. The van der Waals surface area contributed by atoms with Crippen LogP contribution >= 0.6 is 0 Å². The Morgan fingerprint density at radius 3 is 2.32 bits per heavy atom. The summed E-state index contributed by atoms with van der Waals surface area (Å²) < 4.78 is 5.47. The lowest BCUT2D eigenvalue weighted by Gasteiger charge is -2.21. The van der Waals surface area contributed by atoms with E-state index in [9.17, 15) is 0 Å². The third-order valence-corrected chi connectivity index (χ3v) is 4.26. The molecule has 1 aliphatic carbocycles. The number of rotatable bonds is 6. The van der Waals surface area contributed by atoms with E-state index in [4.69, 9.17) is 4.74 Å². The zero-order valence-electron chi connectivity index (χ0n) is 12.9. The first kappa shape index (κ1) is 14.4. The van der Waals surface area contributed by atoms with Gasteiger partial charge in [-0.3, -0.25) is 0 Å². The molecule has 3 atom stereocenters. The molecule has 3 unspecified atom stereocenters. The van der Waals surface area contributed by atoms with E-state index in [1.165, 1.54) is 29.5 Å². The minimum Gasteiger partial charge on any atom is -0.496 e. The van der Waals surface area contributed by atoms with Gasteiger partial charge in [-0.25, -0.2) is 0 Å². The number of hydrogen-bond acceptors (Lipinski definition) is 2. The fourth-order valence-corrected chi connectivity index (χ4v) is 3.12. The molecule has 2 rings (SSSR count). The predicted molar refractivity (Wildman–Crippen MR) is 80.8 cm³/mol. The first-order valence-corrected chi connectivity index (χ1v) is 7.47. The summed E-state index contributed by atoms with van der Waals surface area (Å²) in [6.07, 6.45) is 2.54. The molecule has 1 aromatic rings. The Morgan fingerprint density at radius 2 is 1.89 bits per heavy atom. The number of methoxy groups -OCH3 is 1. The second-order valence-corrected chi connectivity index (χ2v) is 6.00. The van der Waals surface area contributed by atoms with E-state index in [2.05, 4.69) is 45.1 Å². The van der Waals surface area contributed by atoms with Gasteiger partial charge < -0.3 is 10.1 Å². The van der Waals surface area contributed by atoms with E-state index in [1.54, 1.807) is 7.11 Å². The van der Waals surface area contributed by atoms with Gasteiger partial charge in [-0.2, -0.15) is 0 Å². The molecule has 0 heterocycles. The standard InChI is InChI=1S/C17H27NO/c1-6-7-18-16(15-10-11(15)2)14-8-12(3)17(19-5)13(4)9-14/h8-9,11,15-16,18H,6-7,10H2,1-5H3. The summed E-state index contributed by atoms with van der Waals surface area (Å²) in [5, 5.41) is 3.73. The SMILES string of the molecule is CCCNC(c1cc(C)c(OC)c(C)c1)C1CC1C. The quantitative estimate of drug-likeness (QED) is 0.835. The molecule has 2 heteroatoms. The van der Waals surface area contributed by atoms with Crippen molar-refractivity contribution in [1.29, 1.82) is 0 Å². The first-order chi connectivity index (χ1) is 9.08. The van der Waals surface area contributed by atoms with Gasteiger partial charge in [-0.15, -0.1) is 0 Å². The molecule has 0 radical (unpaired) electrons. The van der Waals surface area contributed by atoms with Crippen LogP contribution in [0, 0.1) is 25.7 Å². The van der Waals surface area contributed by atoms with Crippen molar-refractivity contribution in [3.63, 3.8) is 0 Å². The molecule has 0 bridgehead atoms. The number of nitrogens with one attached hydrogen (secondary N) is 1. The Labute approximate surface area is 117 Å². The van der Waals surface area contributed by atoms with E-state index in [-0.39, 0.29) is 0 Å². The second kappa shape index (κ2) is 5.96. The lowest BCUT2D eigenvalue weighted by atomic mass is 9.96. The van der Waals surface area contributed by atoms with E-state index in [0.717, 1.165) is 24.1 Å². The van der Waals surface area contributed by atoms with Crippen LogP contribution in [-0.2, 0) is 0 Å². The van der Waals surface area contributed by atoms with Crippen LogP contribution in [0.4, 0.5) is 0 Å². The van der Waals surface area contributed by atoms with Crippen molar-refractivity contribution in [2.24, 2.45) is 11.8 Å². The molecular weight excluding hydrogens is 234 g/mol. The highest BCUT2D eigenvalue weighted by Gasteiger charge is 2.40. The fourth-order valence-electron chi connectivity index (χ4n) is 3.12. The van der Waals surface area contributed by atoms with E-state index in [0.29, 0.717) is 6.04 Å². The van der Waals surface area contributed by atoms with Crippen molar-refractivity contribution in [2.75, 3.05) is 13.7 Å². The Bertz CT molecular complexity index is 418. The summed E-state index contributed by atoms with van der Waals surface area (Å²) >= 11 is 0. The van der Waals surface area contributed by atoms with Gasteiger partial charge in [0.05, 0.1) is 7.11 Å². The lowest BCUT2D eigenvalue weighted by molar-refractivity contribution is 0.407. The molecular formula is C17H27NO. The zero-order valence-corrected chi connectivity index (χ0v) is 12.9. The molecule has 1 N–H and O–H groups in total. The maximum Gasteiger partial charge on any atom is 0.124 e. The number of ether oxygens (including phenoxy) is 1. The van der Waals surface area contributed by atoms with Crippen LogP contribution in [0.1, 0.15) is 49.4 Å². The molecule has 0 aromatic heterocycles. The van der Waals surface area contributed by atoms with Crippen LogP contribution in [0.3, 0.4) is 0 Å². The average molecular weight is 261 g/mol. The van der Waals surface area contributed by atoms with Gasteiger partial charge in [0.1, 0.15) is 5.75 Å². The summed E-state index contributed by atoms with van der Waals surface area (Å²) in [5.74, 6) is 2.69. The van der Waals surface area contributed by atoms with Gasteiger partial charge in [0.25, 0.3) is 0 Å². The summed E-state index contributed by atoms with van der Waals surface area (Å²) in [6.45, 7) is 9.96. The highest BCUT2D eigenvalue weighted by Crippen LogP contribution is 2.47. The molecule has 0 amide bonds. The van der Waals surface area contributed by atoms with Crippen molar-refractivity contribution in [1.82, 2.24) is 5.32 Å². The van der Waals surface area contributed by atoms with Crippen LogP contribution in [0.15, 0.2) is 12.1 Å². The van der Waals surface area contributed by atoms with Crippen LogP contribution in [0.5, 0.6) is 5.75 Å². The zero-order chi connectivity index (χ0) is 14.0. The van der Waals surface area contributed by atoms with Crippen LogP contribution < -0.4 is 10.1 Å². The van der Waals surface area contributed by atoms with E-state index >= 15 is 0 Å². The minimum atomic E-state index is 0.512. The summed E-state index contributed by atoms with van der Waals surface area (Å²) in [7, 11) is 1.75. The lowest BCUT2D eigenvalue weighted by Crippen LogP contribution is -2.24. The van der Waals surface area contributed by atoms with Gasteiger partial charge in [0, 0.05) is 6.04 Å². The monoisotopic (exact) mass is 261 g/mol. The van der Waals surface area contributed by atoms with E-state index < -0.39 is 0 Å². The van der Waals surface area contributed by atoms with Gasteiger partial charge in [0.2, 0.25) is 0 Å². The molecule has 1 aromatic carbocycles. The van der Waals surface area contributed by atoms with Gasteiger partial charge >= 0.3 is 0 Å². The summed E-state index contributed by atoms with van der Waals surface area (Å²) in [6, 6.07) is 5.10. The van der Waals surface area contributed by atoms with Gasteiger partial charge in [-0.1, -0.05) is 26.0 Å². The highest BCUT2D eigenvalue weighted by molar-refractivity contribution is 5.44. The highest BCUT2D eigenvalue weighted by atomic mass is 16.5. The molecule has 106 valence electrons. The number of benzene rings is 1. The molecule has 19 heavy (non-hydrogen) atoms. The van der Waals surface area contributed by atoms with Crippen molar-refractivity contribution in [2.45, 2.75) is 46.6 Å². The summed E-state index contributed by atoms with van der Waals surface area (Å²) in [5.41, 5.74) is 3.92. The Kier molecular flexibility index (Phi) is 4.51. The molecule has 1 saturated carbocycles. The first-order valence-electron chi connectivity index (χ1n) is 7.47. The third-order valence-electron chi connectivity index (χ3n) is 4.26. The largest absolute Gasteiger partial charge is 0.496 e. The van der Waals surface area contributed by atoms with Crippen LogP contribution in [-0.4, -0.2) is 13.7 Å².